The van der Waals surface area contributed by atoms with Crippen LogP contribution in [0, 0.1) is 17.8 Å². The first kappa shape index (κ1) is 47.9. The molecule has 3 heterocycles. The number of aliphatic hydroxyl groups is 2. The largest absolute Gasteiger partial charge is 0.461 e. The van der Waals surface area contributed by atoms with Gasteiger partial charge in [0.05, 0.1) is 30.2 Å². The van der Waals surface area contributed by atoms with Crippen LogP contribution in [0.25, 0.3) is 0 Å². The minimum Gasteiger partial charge on any atom is -0.461 e. The Balaban J connectivity index is 2.31. The van der Waals surface area contributed by atoms with Crippen molar-refractivity contribution in [2.75, 3.05) is 27.7 Å². The average molecular weight is 806 g/mol. The van der Waals surface area contributed by atoms with Crippen LogP contribution in [-0.4, -0.2) is 143 Å². The Morgan fingerprint density at radius 3 is 2.33 bits per heavy atom. The van der Waals surface area contributed by atoms with Gasteiger partial charge in [-0.3, -0.25) is 19.4 Å². The number of esters is 4. The molecule has 15 nitrogen and oxygen atoms in total. The summed E-state index contributed by atoms with van der Waals surface area (Å²) in [5, 5.41) is 23.3. The fraction of sp³-hybridized carbons (Fsp3) is 0.738. The predicted octanol–water partition coefficient (Wildman–Crippen LogP) is 3.47. The first-order chi connectivity index (χ1) is 26.6. The van der Waals surface area contributed by atoms with Gasteiger partial charge in [0.15, 0.2) is 12.4 Å². The molecule has 14 atom stereocenters. The van der Waals surface area contributed by atoms with Gasteiger partial charge in [-0.1, -0.05) is 33.4 Å². The molecule has 1 aromatic rings. The van der Waals surface area contributed by atoms with Crippen LogP contribution in [0.15, 0.2) is 37.1 Å². The molecule has 1 aromatic heterocycles. The Kier molecular flexibility index (Phi) is 17.2. The van der Waals surface area contributed by atoms with Crippen molar-refractivity contribution in [2.45, 2.75) is 154 Å². The molecular weight excluding hydrogens is 738 g/mol. The average Bonchev–Trinajstić information content (AvgIpc) is 3.13. The number of rotatable bonds is 10. The maximum atomic E-state index is 14.3. The number of aromatic nitrogens is 1. The van der Waals surface area contributed by atoms with Gasteiger partial charge in [-0.2, -0.15) is 0 Å². The number of carbonyl (C=O) groups excluding carboxylic acids is 4. The van der Waals surface area contributed by atoms with Crippen LogP contribution in [0.1, 0.15) is 87.3 Å². The normalized spacial score (nSPS) is 37.6. The third kappa shape index (κ3) is 12.3. The molecule has 322 valence electrons. The Morgan fingerprint density at radius 2 is 1.77 bits per heavy atom. The lowest BCUT2D eigenvalue weighted by Crippen LogP contribution is -2.61. The topological polar surface area (TPSA) is 183 Å². The van der Waals surface area contributed by atoms with Crippen molar-refractivity contribution in [2.24, 2.45) is 17.8 Å². The molecule has 0 amide bonds. The van der Waals surface area contributed by atoms with E-state index >= 15 is 0 Å². The molecule has 2 N–H and O–H groups in total. The number of pyridine rings is 1. The van der Waals surface area contributed by atoms with Gasteiger partial charge in [-0.15, -0.1) is 0 Å². The van der Waals surface area contributed by atoms with Crippen molar-refractivity contribution >= 4 is 23.9 Å². The summed E-state index contributed by atoms with van der Waals surface area (Å²) in [4.78, 5) is 62.0. The van der Waals surface area contributed by atoms with Crippen LogP contribution in [0.3, 0.4) is 0 Å². The van der Waals surface area contributed by atoms with E-state index in [1.165, 1.54) is 13.8 Å². The van der Waals surface area contributed by atoms with E-state index in [0.717, 1.165) is 6.08 Å². The van der Waals surface area contributed by atoms with E-state index in [2.05, 4.69) is 11.6 Å². The van der Waals surface area contributed by atoms with E-state index in [1.54, 1.807) is 66.1 Å². The molecule has 0 unspecified atom stereocenters. The highest BCUT2D eigenvalue weighted by molar-refractivity contribution is 5.81. The monoisotopic (exact) mass is 805 g/mol. The van der Waals surface area contributed by atoms with Gasteiger partial charge in [0.2, 0.25) is 0 Å². The molecule has 2 saturated heterocycles. The standard InChI is InChI=1S/C42H67N3O12/c1-14-32-42(10,51)37(49)28(7)45(13)23-24(3)22-41(9,57-33(47)15-2)38(56-40-36(53-29(8)46)31(44(11)12)20-25(4)52-40)26(5)35(27(6)39(50)54-32)55-34(48)21-30-18-16-17-19-43-30/h15-19,24-28,31-32,35-38,40,49,51H,2,14,20-23H2,1,3-13H3/t24-,25-,26+,27-,28-,31+,32-,35+,36-,37-,38-,40+,41-,42-/m1/s1. The maximum Gasteiger partial charge on any atom is 0.330 e. The van der Waals surface area contributed by atoms with E-state index < -0.39 is 89.8 Å². The lowest BCUT2D eigenvalue weighted by Gasteiger charge is -2.48. The van der Waals surface area contributed by atoms with Crippen molar-refractivity contribution in [1.29, 1.82) is 0 Å². The van der Waals surface area contributed by atoms with Crippen molar-refractivity contribution < 1.29 is 57.8 Å². The van der Waals surface area contributed by atoms with Crippen LogP contribution in [0.4, 0.5) is 0 Å². The molecule has 0 bridgehead atoms. The van der Waals surface area contributed by atoms with Crippen LogP contribution in [-0.2, 0) is 54.0 Å². The van der Waals surface area contributed by atoms with E-state index in [-0.39, 0.29) is 37.3 Å². The molecule has 0 saturated carbocycles. The summed E-state index contributed by atoms with van der Waals surface area (Å²) in [5.41, 5.74) is -2.97. The summed E-state index contributed by atoms with van der Waals surface area (Å²) < 4.78 is 37.7. The third-order valence-electron chi connectivity index (χ3n) is 11.5. The summed E-state index contributed by atoms with van der Waals surface area (Å²) in [7, 11) is 5.53. The molecule has 2 fully saturated rings. The number of carbonyl (C=O) groups is 4. The van der Waals surface area contributed by atoms with Crippen molar-refractivity contribution in [3.05, 3.63) is 42.7 Å². The van der Waals surface area contributed by atoms with E-state index in [9.17, 15) is 29.4 Å². The number of aliphatic hydroxyl groups excluding tert-OH is 1. The van der Waals surface area contributed by atoms with Gasteiger partial charge in [-0.05, 0) is 93.1 Å². The lowest BCUT2D eigenvalue weighted by molar-refractivity contribution is -0.303. The second-order valence-corrected chi connectivity index (χ2v) is 16.7. The van der Waals surface area contributed by atoms with Gasteiger partial charge >= 0.3 is 23.9 Å². The summed E-state index contributed by atoms with van der Waals surface area (Å²) in [6.45, 7) is 19.0. The molecule has 2 aliphatic rings. The zero-order valence-electron chi connectivity index (χ0n) is 35.9. The first-order valence-electron chi connectivity index (χ1n) is 20.0. The maximum absolute atomic E-state index is 14.3. The second kappa shape index (κ2) is 20.5. The number of ether oxygens (including phenoxy) is 6. The number of hydrogen-bond donors (Lipinski definition) is 2. The summed E-state index contributed by atoms with van der Waals surface area (Å²) in [6, 6.07) is 4.18. The highest BCUT2D eigenvalue weighted by Gasteiger charge is 2.53. The summed E-state index contributed by atoms with van der Waals surface area (Å²) in [6.07, 6.45) is -4.23. The van der Waals surface area contributed by atoms with Gasteiger partial charge < -0.3 is 48.4 Å². The van der Waals surface area contributed by atoms with Gasteiger partial charge in [0.1, 0.15) is 35.6 Å². The number of hydrogen-bond acceptors (Lipinski definition) is 15. The fourth-order valence-corrected chi connectivity index (χ4v) is 8.43. The highest BCUT2D eigenvalue weighted by Crippen LogP contribution is 2.40. The fourth-order valence-electron chi connectivity index (χ4n) is 8.43. The molecule has 0 spiro atoms. The molecule has 0 aromatic carbocycles. The molecule has 0 radical (unpaired) electrons. The molecule has 15 heteroatoms. The van der Waals surface area contributed by atoms with Crippen LogP contribution < -0.4 is 0 Å². The van der Waals surface area contributed by atoms with Crippen molar-refractivity contribution in [3.63, 3.8) is 0 Å². The molecule has 57 heavy (non-hydrogen) atoms. The lowest BCUT2D eigenvalue weighted by atomic mass is 9.77. The molecule has 2 aliphatic heterocycles. The second-order valence-electron chi connectivity index (χ2n) is 16.7. The van der Waals surface area contributed by atoms with E-state index in [0.29, 0.717) is 18.7 Å². The Morgan fingerprint density at radius 1 is 1.11 bits per heavy atom. The first-order valence-corrected chi connectivity index (χ1v) is 20.0. The number of cyclic esters (lactones) is 1. The number of likely N-dealkylation sites (N-methyl/N-ethyl adjacent to an activating group) is 2. The molecule has 0 aliphatic carbocycles. The highest BCUT2D eigenvalue weighted by atomic mass is 16.7. The minimum absolute atomic E-state index is 0.160. The predicted molar refractivity (Wildman–Crippen MR) is 210 cm³/mol. The Bertz CT molecular complexity index is 1510. The van der Waals surface area contributed by atoms with Gasteiger partial charge in [0, 0.05) is 37.7 Å². The summed E-state index contributed by atoms with van der Waals surface area (Å²) in [5.74, 6) is -5.20. The van der Waals surface area contributed by atoms with Crippen LogP contribution in [0.2, 0.25) is 0 Å². The van der Waals surface area contributed by atoms with E-state index in [1.807, 2.05) is 37.7 Å². The quantitative estimate of drug-likeness (QED) is 0.199. The van der Waals surface area contributed by atoms with Crippen molar-refractivity contribution in [3.8, 4) is 0 Å². The molecular formula is C42H67N3O12. The zero-order valence-corrected chi connectivity index (χ0v) is 35.9. The Hall–Kier alpha value is -3.47. The zero-order chi connectivity index (χ0) is 43.0. The minimum atomic E-state index is -1.87. The third-order valence-corrected chi connectivity index (χ3v) is 11.5. The van der Waals surface area contributed by atoms with E-state index in [4.69, 9.17) is 28.4 Å². The molecule has 3 rings (SSSR count). The van der Waals surface area contributed by atoms with Crippen LogP contribution in [0.5, 0.6) is 0 Å². The smallest absolute Gasteiger partial charge is 0.330 e. The summed E-state index contributed by atoms with van der Waals surface area (Å²) >= 11 is 0. The van der Waals surface area contributed by atoms with Gasteiger partial charge in [0.25, 0.3) is 0 Å². The Labute approximate surface area is 338 Å². The van der Waals surface area contributed by atoms with Crippen molar-refractivity contribution in [1.82, 2.24) is 14.8 Å². The van der Waals surface area contributed by atoms with Crippen LogP contribution >= 0.6 is 0 Å². The van der Waals surface area contributed by atoms with Gasteiger partial charge in [-0.25, -0.2) is 4.79 Å². The SMILES string of the molecule is C=CC(=O)O[C@]1(C)C[C@@H](C)CN(C)[C@H](C)[C@@H](O)[C@](C)(O)[C@@H](CC)OC(=O)[C@H](C)[C@@H](OC(=O)Cc2ccccn2)[C@H](C)[C@H]1O[C@@H]1O[C@H](C)C[C@H](N(C)C)[C@H]1OC(C)=O. The number of nitrogens with zero attached hydrogens (tertiary/aromatic N) is 3.